The van der Waals surface area contributed by atoms with Gasteiger partial charge in [-0.25, -0.2) is 0 Å². The molecule has 0 saturated carbocycles. The number of unbranched alkanes of at least 4 members (excludes halogenated alkanes) is 2. The number of carboxylic acids is 1. The molecule has 0 aliphatic carbocycles. The highest BCUT2D eigenvalue weighted by Gasteiger charge is 2.09. The maximum Gasteiger partial charge on any atom is 0.320 e. The molecule has 0 rings (SSSR count). The minimum Gasteiger partial charge on any atom is -0.480 e. The molecule has 0 aliphatic rings. The van der Waals surface area contributed by atoms with Gasteiger partial charge < -0.3 is 16.6 Å². The van der Waals surface area contributed by atoms with Gasteiger partial charge in [-0.1, -0.05) is 12.8 Å². The minimum atomic E-state index is -0.919. The van der Waals surface area contributed by atoms with Crippen LogP contribution in [0.15, 0.2) is 0 Å². The van der Waals surface area contributed by atoms with Crippen molar-refractivity contribution in [3.63, 3.8) is 0 Å². The van der Waals surface area contributed by atoms with Crippen molar-refractivity contribution >= 4 is 18.4 Å². The van der Waals surface area contributed by atoms with E-state index in [2.05, 4.69) is 0 Å². The predicted molar refractivity (Wildman–Crippen MR) is 50.4 cm³/mol. The molecular weight excluding hydrogens is 180 g/mol. The minimum absolute atomic E-state index is 0. The molecule has 1 atom stereocenters. The summed E-state index contributed by atoms with van der Waals surface area (Å²) in [6.07, 6.45) is 3.32. The van der Waals surface area contributed by atoms with Crippen molar-refractivity contribution in [2.45, 2.75) is 31.7 Å². The van der Waals surface area contributed by atoms with E-state index >= 15 is 0 Å². The maximum atomic E-state index is 10.2. The second-order valence-corrected chi connectivity index (χ2v) is 2.58. The average molecular weight is 197 g/mol. The van der Waals surface area contributed by atoms with E-state index in [1.807, 2.05) is 0 Å². The number of aliphatic carboxylic acids is 1. The van der Waals surface area contributed by atoms with Gasteiger partial charge in [0.15, 0.2) is 0 Å². The van der Waals surface area contributed by atoms with Crippen LogP contribution in [-0.4, -0.2) is 23.7 Å². The second kappa shape index (κ2) is 8.77. The number of nitrogens with two attached hydrogens (primary N) is 2. The van der Waals surface area contributed by atoms with Crippen molar-refractivity contribution in [1.29, 1.82) is 0 Å². The van der Waals surface area contributed by atoms with Crippen molar-refractivity contribution in [1.82, 2.24) is 0 Å². The van der Waals surface area contributed by atoms with Crippen molar-refractivity contribution < 1.29 is 9.90 Å². The Labute approximate surface area is 78.7 Å². The predicted octanol–water partition coefficient (Wildman–Crippen LogP) is 0.339. The van der Waals surface area contributed by atoms with Gasteiger partial charge in [0.2, 0.25) is 0 Å². The lowest BCUT2D eigenvalue weighted by atomic mass is 10.1. The fraction of sp³-hybridized carbons (Fsp3) is 0.857. The first-order valence-electron chi connectivity index (χ1n) is 3.87. The molecule has 0 aromatic carbocycles. The van der Waals surface area contributed by atoms with E-state index in [1.165, 1.54) is 0 Å². The molecule has 0 bridgehead atoms. The lowest BCUT2D eigenvalue weighted by molar-refractivity contribution is -0.138. The van der Waals surface area contributed by atoms with Gasteiger partial charge in [0.1, 0.15) is 6.04 Å². The van der Waals surface area contributed by atoms with Crippen LogP contribution >= 0.6 is 12.4 Å². The van der Waals surface area contributed by atoms with Crippen LogP contribution < -0.4 is 11.5 Å². The van der Waals surface area contributed by atoms with Gasteiger partial charge in [-0.3, -0.25) is 4.79 Å². The van der Waals surface area contributed by atoms with Gasteiger partial charge in [-0.2, -0.15) is 0 Å². The lowest BCUT2D eigenvalue weighted by Crippen LogP contribution is -2.29. The number of rotatable bonds is 6. The molecule has 74 valence electrons. The Hall–Kier alpha value is -0.320. The normalized spacial score (nSPS) is 11.8. The van der Waals surface area contributed by atoms with Gasteiger partial charge in [0, 0.05) is 0 Å². The van der Waals surface area contributed by atoms with Gasteiger partial charge in [-0.05, 0) is 19.4 Å². The molecule has 12 heavy (non-hydrogen) atoms. The van der Waals surface area contributed by atoms with Crippen LogP contribution in [0.5, 0.6) is 0 Å². The van der Waals surface area contributed by atoms with Crippen LogP contribution in [0, 0.1) is 0 Å². The molecule has 5 N–H and O–H groups in total. The zero-order valence-corrected chi connectivity index (χ0v) is 7.85. The van der Waals surface area contributed by atoms with E-state index in [4.69, 9.17) is 16.6 Å². The average Bonchev–Trinajstić information content (AvgIpc) is 1.97. The van der Waals surface area contributed by atoms with E-state index in [1.54, 1.807) is 0 Å². The molecule has 0 radical (unpaired) electrons. The molecule has 0 aromatic rings. The fourth-order valence-electron chi connectivity index (χ4n) is 0.809. The first kappa shape index (κ1) is 14.2. The van der Waals surface area contributed by atoms with Gasteiger partial charge >= 0.3 is 5.97 Å². The summed E-state index contributed by atoms with van der Waals surface area (Å²) < 4.78 is 0. The Bertz CT molecular complexity index is 122. The molecule has 0 spiro atoms. The molecular formula is C7H17ClN2O2. The second-order valence-electron chi connectivity index (χ2n) is 2.58. The highest BCUT2D eigenvalue weighted by Crippen LogP contribution is 2.00. The Morgan fingerprint density at radius 3 is 2.33 bits per heavy atom. The summed E-state index contributed by atoms with van der Waals surface area (Å²) in [6.45, 7) is 0.669. The standard InChI is InChI=1S/C7H16N2O2.ClH/c8-5-3-1-2-4-6(9)7(10)11;/h6H,1-5,8-9H2,(H,10,11);1H. The third-order valence-corrected chi connectivity index (χ3v) is 1.54. The van der Waals surface area contributed by atoms with Crippen molar-refractivity contribution in [2.75, 3.05) is 6.54 Å². The number of carbonyl (C=O) groups is 1. The van der Waals surface area contributed by atoms with Crippen LogP contribution in [0.4, 0.5) is 0 Å². The van der Waals surface area contributed by atoms with Gasteiger partial charge in [0.25, 0.3) is 0 Å². The van der Waals surface area contributed by atoms with Crippen LogP contribution in [0.1, 0.15) is 25.7 Å². The third kappa shape index (κ3) is 7.78. The topological polar surface area (TPSA) is 89.3 Å². The Kier molecular flexibility index (Phi) is 10.4. The summed E-state index contributed by atoms with van der Waals surface area (Å²) in [5.74, 6) is -0.919. The summed E-state index contributed by atoms with van der Waals surface area (Å²) in [6, 6.07) is -0.701. The zero-order chi connectivity index (χ0) is 8.69. The number of carboxylic acid groups (broad SMARTS) is 1. The monoisotopic (exact) mass is 196 g/mol. The summed E-state index contributed by atoms with van der Waals surface area (Å²) in [4.78, 5) is 10.2. The largest absolute Gasteiger partial charge is 0.480 e. The van der Waals surface area contributed by atoms with E-state index < -0.39 is 12.0 Å². The summed E-state index contributed by atoms with van der Waals surface area (Å²) in [7, 11) is 0. The zero-order valence-electron chi connectivity index (χ0n) is 7.03. The van der Waals surface area contributed by atoms with E-state index in [0.29, 0.717) is 13.0 Å². The molecule has 0 heterocycles. The van der Waals surface area contributed by atoms with E-state index in [9.17, 15) is 4.79 Å². The van der Waals surface area contributed by atoms with Gasteiger partial charge in [0.05, 0.1) is 0 Å². The molecule has 4 nitrogen and oxygen atoms in total. The molecule has 0 amide bonds. The molecule has 0 fully saturated rings. The lowest BCUT2D eigenvalue weighted by Gasteiger charge is -2.04. The Balaban J connectivity index is 0. The highest BCUT2D eigenvalue weighted by atomic mass is 35.5. The Morgan fingerprint density at radius 1 is 1.33 bits per heavy atom. The summed E-state index contributed by atoms with van der Waals surface area (Å²) >= 11 is 0. The van der Waals surface area contributed by atoms with Crippen LogP contribution in [0.25, 0.3) is 0 Å². The summed E-state index contributed by atoms with van der Waals surface area (Å²) in [5.41, 5.74) is 10.5. The van der Waals surface area contributed by atoms with Gasteiger partial charge in [-0.15, -0.1) is 12.4 Å². The first-order valence-corrected chi connectivity index (χ1v) is 3.87. The molecule has 0 saturated heterocycles. The smallest absolute Gasteiger partial charge is 0.320 e. The maximum absolute atomic E-state index is 10.2. The van der Waals surface area contributed by atoms with Crippen molar-refractivity contribution in [3.05, 3.63) is 0 Å². The quantitative estimate of drug-likeness (QED) is 0.535. The molecule has 0 aromatic heterocycles. The highest BCUT2D eigenvalue weighted by molar-refractivity contribution is 5.85. The number of hydrogen-bond donors (Lipinski definition) is 3. The molecule has 0 aliphatic heterocycles. The van der Waals surface area contributed by atoms with Crippen molar-refractivity contribution in [3.8, 4) is 0 Å². The molecule has 5 heteroatoms. The Morgan fingerprint density at radius 2 is 1.92 bits per heavy atom. The van der Waals surface area contributed by atoms with Crippen molar-refractivity contribution in [2.24, 2.45) is 11.5 Å². The molecule has 1 unspecified atom stereocenters. The first-order chi connectivity index (χ1) is 5.18. The fourth-order valence-corrected chi connectivity index (χ4v) is 0.809. The van der Waals surface area contributed by atoms with Crippen LogP contribution in [0.2, 0.25) is 0 Å². The SMILES string of the molecule is Cl.NCCCCCC(N)C(=O)O. The van der Waals surface area contributed by atoms with Crippen LogP contribution in [-0.2, 0) is 4.79 Å². The third-order valence-electron chi connectivity index (χ3n) is 1.54. The number of hydrogen-bond acceptors (Lipinski definition) is 3. The van der Waals surface area contributed by atoms with Crippen LogP contribution in [0.3, 0.4) is 0 Å². The van der Waals surface area contributed by atoms with E-state index in [-0.39, 0.29) is 12.4 Å². The number of halogens is 1. The summed E-state index contributed by atoms with van der Waals surface area (Å²) in [5, 5.41) is 8.39. The van der Waals surface area contributed by atoms with E-state index in [0.717, 1.165) is 19.3 Å².